The fourth-order valence-electron chi connectivity index (χ4n) is 2.69. The Balaban J connectivity index is 1.93. The number of non-ortho nitro benzene ring substituents is 1. The molecule has 0 aliphatic carbocycles. The Morgan fingerprint density at radius 1 is 1.33 bits per heavy atom. The number of aromatic nitrogens is 2. The summed E-state index contributed by atoms with van der Waals surface area (Å²) in [5.41, 5.74) is 1.73. The lowest BCUT2D eigenvalue weighted by Crippen LogP contribution is -2.41. The molecule has 24 heavy (non-hydrogen) atoms. The molecule has 10 heteroatoms. The van der Waals surface area contributed by atoms with Crippen LogP contribution in [0.5, 0.6) is 0 Å². The van der Waals surface area contributed by atoms with Gasteiger partial charge >= 0.3 is 0 Å². The Morgan fingerprint density at radius 3 is 2.46 bits per heavy atom. The number of sulfonamides is 1. The first kappa shape index (κ1) is 16.4. The van der Waals surface area contributed by atoms with E-state index in [4.69, 9.17) is 0 Å². The lowest BCUT2D eigenvalue weighted by Gasteiger charge is -2.28. The summed E-state index contributed by atoms with van der Waals surface area (Å²) in [5.74, 6) is 0.200. The average Bonchev–Trinajstić information content (AvgIpc) is 2.73. The van der Waals surface area contributed by atoms with Crippen molar-refractivity contribution in [3.8, 4) is 0 Å². The molecule has 0 atom stereocenters. The SMILES string of the molecule is Cc1nn(C)c(C2CNC2)c1NS(=O)(=O)c1ccc([N+](=O)[O-])cc1. The second-order valence-electron chi connectivity index (χ2n) is 5.68. The number of hydrogen-bond donors (Lipinski definition) is 2. The molecule has 0 saturated carbocycles. The second kappa shape index (κ2) is 5.87. The van der Waals surface area contributed by atoms with Crippen LogP contribution in [0.1, 0.15) is 17.3 Å². The number of anilines is 1. The second-order valence-corrected chi connectivity index (χ2v) is 7.36. The molecule has 1 fully saturated rings. The van der Waals surface area contributed by atoms with E-state index in [0.717, 1.165) is 18.8 Å². The van der Waals surface area contributed by atoms with Gasteiger partial charge in [0, 0.05) is 38.2 Å². The molecule has 2 heterocycles. The van der Waals surface area contributed by atoms with Gasteiger partial charge in [0.1, 0.15) is 0 Å². The third-order valence-corrected chi connectivity index (χ3v) is 5.39. The number of nitro benzene ring substituents is 1. The molecule has 1 saturated heterocycles. The maximum absolute atomic E-state index is 12.6. The molecule has 1 aliphatic heterocycles. The summed E-state index contributed by atoms with van der Waals surface area (Å²) in [4.78, 5) is 10.1. The fourth-order valence-corrected chi connectivity index (χ4v) is 3.83. The summed E-state index contributed by atoms with van der Waals surface area (Å²) in [6, 6.07) is 4.77. The maximum Gasteiger partial charge on any atom is 0.269 e. The highest BCUT2D eigenvalue weighted by Crippen LogP contribution is 2.31. The van der Waals surface area contributed by atoms with Crippen molar-refractivity contribution < 1.29 is 13.3 Å². The van der Waals surface area contributed by atoms with Crippen molar-refractivity contribution in [3.05, 3.63) is 45.8 Å². The zero-order valence-electron chi connectivity index (χ0n) is 13.2. The Labute approximate surface area is 138 Å². The molecule has 9 nitrogen and oxygen atoms in total. The summed E-state index contributed by atoms with van der Waals surface area (Å²) in [5, 5.41) is 18.1. The molecule has 0 unspecified atom stereocenters. The standard InChI is InChI=1S/C14H17N5O4S/c1-9-13(14(18(2)16-9)10-7-15-8-10)17-24(22,23)12-5-3-11(4-6-12)19(20)21/h3-6,10,15,17H,7-8H2,1-2H3. The highest BCUT2D eigenvalue weighted by Gasteiger charge is 2.29. The van der Waals surface area contributed by atoms with Crippen LogP contribution in [0.15, 0.2) is 29.2 Å². The van der Waals surface area contributed by atoms with Gasteiger partial charge in [-0.1, -0.05) is 0 Å². The van der Waals surface area contributed by atoms with E-state index in [-0.39, 0.29) is 16.5 Å². The lowest BCUT2D eigenvalue weighted by atomic mass is 9.98. The van der Waals surface area contributed by atoms with Crippen molar-refractivity contribution in [1.82, 2.24) is 15.1 Å². The van der Waals surface area contributed by atoms with Crippen molar-refractivity contribution in [3.63, 3.8) is 0 Å². The van der Waals surface area contributed by atoms with E-state index in [9.17, 15) is 18.5 Å². The molecule has 0 radical (unpaired) electrons. The van der Waals surface area contributed by atoms with Crippen LogP contribution in [0.25, 0.3) is 0 Å². The lowest BCUT2D eigenvalue weighted by molar-refractivity contribution is -0.384. The zero-order chi connectivity index (χ0) is 17.5. The Kier molecular flexibility index (Phi) is 4.01. The number of nitrogens with one attached hydrogen (secondary N) is 2. The molecule has 128 valence electrons. The van der Waals surface area contributed by atoms with E-state index < -0.39 is 14.9 Å². The molecule has 0 spiro atoms. The number of hydrogen-bond acceptors (Lipinski definition) is 6. The van der Waals surface area contributed by atoms with E-state index in [1.54, 1.807) is 18.7 Å². The van der Waals surface area contributed by atoms with Gasteiger partial charge in [-0.3, -0.25) is 19.5 Å². The molecule has 2 N–H and O–H groups in total. The Hall–Kier alpha value is -2.46. The Bertz CT molecular complexity index is 885. The van der Waals surface area contributed by atoms with Crippen molar-refractivity contribution in [2.45, 2.75) is 17.7 Å². The first-order valence-corrected chi connectivity index (χ1v) is 8.79. The van der Waals surface area contributed by atoms with Crippen LogP contribution in [0.3, 0.4) is 0 Å². The van der Waals surface area contributed by atoms with E-state index >= 15 is 0 Å². The van der Waals surface area contributed by atoms with Crippen LogP contribution in [-0.4, -0.2) is 36.2 Å². The summed E-state index contributed by atoms with van der Waals surface area (Å²) in [7, 11) is -2.07. The minimum atomic E-state index is -3.85. The van der Waals surface area contributed by atoms with Crippen LogP contribution >= 0.6 is 0 Å². The van der Waals surface area contributed by atoms with E-state index in [1.165, 1.54) is 24.3 Å². The molecular formula is C14H17N5O4S. The maximum atomic E-state index is 12.6. The highest BCUT2D eigenvalue weighted by molar-refractivity contribution is 7.92. The average molecular weight is 351 g/mol. The number of aryl methyl sites for hydroxylation is 2. The summed E-state index contributed by atoms with van der Waals surface area (Å²) >= 11 is 0. The van der Waals surface area contributed by atoms with Crippen molar-refractivity contribution in [1.29, 1.82) is 0 Å². The summed E-state index contributed by atoms with van der Waals surface area (Å²) in [6.07, 6.45) is 0. The van der Waals surface area contributed by atoms with Crippen LogP contribution in [-0.2, 0) is 17.1 Å². The summed E-state index contributed by atoms with van der Waals surface area (Å²) in [6.45, 7) is 3.28. The van der Waals surface area contributed by atoms with Gasteiger partial charge in [0.15, 0.2) is 0 Å². The van der Waals surface area contributed by atoms with Crippen LogP contribution in [0.4, 0.5) is 11.4 Å². The summed E-state index contributed by atoms with van der Waals surface area (Å²) < 4.78 is 29.5. The van der Waals surface area contributed by atoms with Gasteiger partial charge in [0.2, 0.25) is 0 Å². The van der Waals surface area contributed by atoms with Gasteiger partial charge < -0.3 is 5.32 Å². The molecule has 1 aromatic carbocycles. The number of benzene rings is 1. The van der Waals surface area contributed by atoms with Crippen molar-refractivity contribution >= 4 is 21.4 Å². The number of rotatable bonds is 5. The molecule has 0 amide bonds. The van der Waals surface area contributed by atoms with E-state index in [2.05, 4.69) is 15.1 Å². The first-order valence-electron chi connectivity index (χ1n) is 7.31. The predicted molar refractivity (Wildman–Crippen MR) is 87.5 cm³/mol. The van der Waals surface area contributed by atoms with Crippen LogP contribution in [0.2, 0.25) is 0 Å². The van der Waals surface area contributed by atoms with Crippen LogP contribution < -0.4 is 10.0 Å². The van der Waals surface area contributed by atoms with Gasteiger partial charge in [-0.05, 0) is 19.1 Å². The molecule has 0 bridgehead atoms. The topological polar surface area (TPSA) is 119 Å². The van der Waals surface area contributed by atoms with Gasteiger partial charge in [0.05, 0.1) is 26.9 Å². The van der Waals surface area contributed by atoms with E-state index in [0.29, 0.717) is 11.4 Å². The fraction of sp³-hybridized carbons (Fsp3) is 0.357. The predicted octanol–water partition coefficient (Wildman–Crippen LogP) is 1.12. The van der Waals surface area contributed by atoms with Gasteiger partial charge in [0.25, 0.3) is 15.7 Å². The van der Waals surface area contributed by atoms with E-state index in [1.807, 2.05) is 0 Å². The molecule has 3 rings (SSSR count). The third-order valence-electron chi connectivity index (χ3n) is 4.03. The monoisotopic (exact) mass is 351 g/mol. The minimum Gasteiger partial charge on any atom is -0.315 e. The van der Waals surface area contributed by atoms with Gasteiger partial charge in [-0.15, -0.1) is 0 Å². The molecular weight excluding hydrogens is 334 g/mol. The normalized spacial score (nSPS) is 15.1. The first-order chi connectivity index (χ1) is 11.3. The van der Waals surface area contributed by atoms with Crippen molar-refractivity contribution in [2.75, 3.05) is 17.8 Å². The molecule has 2 aromatic rings. The minimum absolute atomic E-state index is 0.0333. The Morgan fingerprint density at radius 2 is 1.96 bits per heavy atom. The largest absolute Gasteiger partial charge is 0.315 e. The van der Waals surface area contributed by atoms with Gasteiger partial charge in [-0.25, -0.2) is 8.42 Å². The molecule has 1 aromatic heterocycles. The third kappa shape index (κ3) is 2.85. The molecule has 1 aliphatic rings. The highest BCUT2D eigenvalue weighted by atomic mass is 32.2. The smallest absolute Gasteiger partial charge is 0.269 e. The van der Waals surface area contributed by atoms with Crippen LogP contribution in [0, 0.1) is 17.0 Å². The number of nitro groups is 1. The number of nitrogens with zero attached hydrogens (tertiary/aromatic N) is 3. The van der Waals surface area contributed by atoms with Gasteiger partial charge in [-0.2, -0.15) is 5.10 Å². The quantitative estimate of drug-likeness (QED) is 0.615. The zero-order valence-corrected chi connectivity index (χ0v) is 14.0. The van der Waals surface area contributed by atoms with Crippen molar-refractivity contribution in [2.24, 2.45) is 7.05 Å².